The van der Waals surface area contributed by atoms with E-state index in [0.717, 1.165) is 34.3 Å². The molecule has 1 saturated heterocycles. The van der Waals surface area contributed by atoms with E-state index in [0.29, 0.717) is 6.04 Å². The van der Waals surface area contributed by atoms with E-state index in [4.69, 9.17) is 4.74 Å². The van der Waals surface area contributed by atoms with Gasteiger partial charge in [-0.3, -0.25) is 4.90 Å². The molecule has 5 heteroatoms. The zero-order chi connectivity index (χ0) is 14.5. The fraction of sp³-hybridized carbons (Fsp3) is 0.600. The number of halogens is 2. The number of likely N-dealkylation sites (tertiary alicyclic amines) is 1. The van der Waals surface area contributed by atoms with Gasteiger partial charge in [0, 0.05) is 19.1 Å². The second kappa shape index (κ2) is 7.78. The molecule has 1 N–H and O–H groups in total. The highest BCUT2D eigenvalue weighted by Crippen LogP contribution is 2.34. The average Bonchev–Trinajstić information content (AvgIpc) is 2.86. The fourth-order valence-electron chi connectivity index (χ4n) is 2.84. The van der Waals surface area contributed by atoms with Gasteiger partial charge in [-0.2, -0.15) is 0 Å². The molecule has 1 aliphatic rings. The molecule has 1 atom stereocenters. The van der Waals surface area contributed by atoms with E-state index in [2.05, 4.69) is 61.1 Å². The van der Waals surface area contributed by atoms with Gasteiger partial charge in [0.25, 0.3) is 0 Å². The summed E-state index contributed by atoms with van der Waals surface area (Å²) in [4.78, 5) is 2.56. The van der Waals surface area contributed by atoms with Crippen LogP contribution in [0, 0.1) is 0 Å². The predicted molar refractivity (Wildman–Crippen MR) is 90.4 cm³/mol. The molecule has 3 nitrogen and oxygen atoms in total. The topological polar surface area (TPSA) is 24.5 Å². The van der Waals surface area contributed by atoms with Crippen LogP contribution in [-0.4, -0.2) is 37.7 Å². The molecule has 2 rings (SSSR count). The molecule has 1 unspecified atom stereocenters. The number of nitrogens with one attached hydrogen (secondary N) is 1. The minimum atomic E-state index is 0.699. The maximum atomic E-state index is 5.32. The van der Waals surface area contributed by atoms with Crippen LogP contribution in [0.5, 0.6) is 5.75 Å². The van der Waals surface area contributed by atoms with Crippen LogP contribution in [0.4, 0.5) is 0 Å². The van der Waals surface area contributed by atoms with E-state index >= 15 is 0 Å². The van der Waals surface area contributed by atoms with Crippen LogP contribution in [0.2, 0.25) is 0 Å². The third-order valence-corrected chi connectivity index (χ3v) is 5.05. The van der Waals surface area contributed by atoms with Crippen LogP contribution >= 0.6 is 31.9 Å². The van der Waals surface area contributed by atoms with E-state index in [1.807, 2.05) is 0 Å². The molecule has 0 amide bonds. The molecule has 0 aromatic heterocycles. The molecule has 20 heavy (non-hydrogen) atoms. The second-order valence-corrected chi connectivity index (χ2v) is 6.86. The third-order valence-electron chi connectivity index (χ3n) is 3.88. The van der Waals surface area contributed by atoms with Gasteiger partial charge in [0.1, 0.15) is 5.75 Å². The van der Waals surface area contributed by atoms with E-state index in [1.165, 1.54) is 24.9 Å². The number of likely N-dealkylation sites (N-methyl/N-ethyl adjacent to an activating group) is 1. The lowest BCUT2D eigenvalue weighted by Crippen LogP contribution is -2.37. The van der Waals surface area contributed by atoms with Gasteiger partial charge in [0.15, 0.2) is 0 Å². The number of ether oxygens (including phenoxy) is 1. The van der Waals surface area contributed by atoms with Crippen molar-refractivity contribution < 1.29 is 4.74 Å². The van der Waals surface area contributed by atoms with E-state index < -0.39 is 0 Å². The Balaban J connectivity index is 1.88. The Hall–Kier alpha value is -0.100. The highest BCUT2D eigenvalue weighted by atomic mass is 79.9. The third kappa shape index (κ3) is 3.97. The van der Waals surface area contributed by atoms with Gasteiger partial charge >= 0.3 is 0 Å². The average molecular weight is 406 g/mol. The van der Waals surface area contributed by atoms with Crippen molar-refractivity contribution in [3.8, 4) is 5.75 Å². The number of hydrogen-bond acceptors (Lipinski definition) is 3. The van der Waals surface area contributed by atoms with E-state index in [-0.39, 0.29) is 0 Å². The second-order valence-electron chi connectivity index (χ2n) is 5.15. The van der Waals surface area contributed by atoms with Crippen LogP contribution in [0.3, 0.4) is 0 Å². The summed E-state index contributed by atoms with van der Waals surface area (Å²) in [6, 6.07) is 4.93. The van der Waals surface area contributed by atoms with Crippen LogP contribution in [0.25, 0.3) is 0 Å². The summed E-state index contributed by atoms with van der Waals surface area (Å²) < 4.78 is 7.30. The van der Waals surface area contributed by atoms with Gasteiger partial charge < -0.3 is 10.1 Å². The summed E-state index contributed by atoms with van der Waals surface area (Å²) in [7, 11) is 1.68. The first-order chi connectivity index (χ1) is 9.65. The van der Waals surface area contributed by atoms with Crippen LogP contribution < -0.4 is 10.1 Å². The molecule has 0 saturated carbocycles. The van der Waals surface area contributed by atoms with Gasteiger partial charge in [0.05, 0.1) is 16.1 Å². The molecule has 0 bridgehead atoms. The molecule has 1 heterocycles. The van der Waals surface area contributed by atoms with Crippen LogP contribution in [0.15, 0.2) is 21.1 Å². The van der Waals surface area contributed by atoms with E-state index in [9.17, 15) is 0 Å². The largest absolute Gasteiger partial charge is 0.494 e. The SMILES string of the molecule is CCN1CCCC1CNCc1cc(Br)c(OC)c(Br)c1. The molecule has 1 aliphatic heterocycles. The summed E-state index contributed by atoms with van der Waals surface area (Å²) >= 11 is 7.09. The molecule has 0 aliphatic carbocycles. The summed E-state index contributed by atoms with van der Waals surface area (Å²) in [5, 5.41) is 3.58. The lowest BCUT2D eigenvalue weighted by atomic mass is 10.2. The maximum Gasteiger partial charge on any atom is 0.147 e. The molecular formula is C15H22Br2N2O. The number of methoxy groups -OCH3 is 1. The Labute approximate surface area is 138 Å². The Morgan fingerprint density at radius 3 is 2.65 bits per heavy atom. The van der Waals surface area contributed by atoms with Crippen molar-refractivity contribution in [3.63, 3.8) is 0 Å². The smallest absolute Gasteiger partial charge is 0.147 e. The van der Waals surface area contributed by atoms with Gasteiger partial charge in [-0.05, 0) is 75.5 Å². The Morgan fingerprint density at radius 1 is 1.35 bits per heavy atom. The van der Waals surface area contributed by atoms with Crippen molar-refractivity contribution in [1.82, 2.24) is 10.2 Å². The predicted octanol–water partition coefficient (Wildman–Crippen LogP) is 3.79. The standard InChI is InChI=1S/C15H22Br2N2O/c1-3-19-6-4-5-12(19)10-18-9-11-7-13(16)15(20-2)14(17)8-11/h7-8,12,18H,3-6,9-10H2,1-2H3. The highest BCUT2D eigenvalue weighted by molar-refractivity contribution is 9.11. The van der Waals surface area contributed by atoms with Crippen molar-refractivity contribution in [2.75, 3.05) is 26.7 Å². The first-order valence-corrected chi connectivity index (χ1v) is 8.71. The van der Waals surface area contributed by atoms with Gasteiger partial charge in [0.2, 0.25) is 0 Å². The fourth-order valence-corrected chi connectivity index (χ4v) is 4.44. The normalized spacial score (nSPS) is 19.5. The zero-order valence-corrected chi connectivity index (χ0v) is 15.3. The number of rotatable bonds is 6. The van der Waals surface area contributed by atoms with Gasteiger partial charge in [-0.1, -0.05) is 6.92 Å². The molecular weight excluding hydrogens is 384 g/mol. The van der Waals surface area contributed by atoms with Gasteiger partial charge in [-0.25, -0.2) is 0 Å². The molecule has 1 fully saturated rings. The summed E-state index contributed by atoms with van der Waals surface area (Å²) in [6.45, 7) is 6.61. The van der Waals surface area contributed by atoms with Crippen molar-refractivity contribution in [1.29, 1.82) is 0 Å². The van der Waals surface area contributed by atoms with Crippen molar-refractivity contribution in [2.45, 2.75) is 32.4 Å². The minimum absolute atomic E-state index is 0.699. The molecule has 0 spiro atoms. The first kappa shape index (κ1) is 16.3. The lowest BCUT2D eigenvalue weighted by Gasteiger charge is -2.23. The molecule has 1 aromatic carbocycles. The summed E-state index contributed by atoms with van der Waals surface area (Å²) in [6.07, 6.45) is 2.65. The zero-order valence-electron chi connectivity index (χ0n) is 12.1. The van der Waals surface area contributed by atoms with Crippen LogP contribution in [-0.2, 0) is 6.54 Å². The molecule has 0 radical (unpaired) electrons. The Kier molecular flexibility index (Phi) is 6.33. The van der Waals surface area contributed by atoms with Crippen molar-refractivity contribution in [3.05, 3.63) is 26.6 Å². The van der Waals surface area contributed by atoms with E-state index in [1.54, 1.807) is 7.11 Å². The molecule has 1 aromatic rings. The number of hydrogen-bond donors (Lipinski definition) is 1. The summed E-state index contributed by atoms with van der Waals surface area (Å²) in [5.41, 5.74) is 1.26. The first-order valence-electron chi connectivity index (χ1n) is 7.12. The maximum absolute atomic E-state index is 5.32. The number of nitrogens with zero attached hydrogens (tertiary/aromatic N) is 1. The molecule has 112 valence electrons. The minimum Gasteiger partial charge on any atom is -0.494 e. The summed E-state index contributed by atoms with van der Waals surface area (Å²) in [5.74, 6) is 0.849. The number of benzene rings is 1. The Bertz CT molecular complexity index is 430. The quantitative estimate of drug-likeness (QED) is 0.778. The van der Waals surface area contributed by atoms with Crippen molar-refractivity contribution in [2.24, 2.45) is 0 Å². The monoisotopic (exact) mass is 404 g/mol. The van der Waals surface area contributed by atoms with Gasteiger partial charge in [-0.15, -0.1) is 0 Å². The highest BCUT2D eigenvalue weighted by Gasteiger charge is 2.22. The Morgan fingerprint density at radius 2 is 2.05 bits per heavy atom. The van der Waals surface area contributed by atoms with Crippen LogP contribution in [0.1, 0.15) is 25.3 Å². The lowest BCUT2D eigenvalue weighted by molar-refractivity contribution is 0.260. The van der Waals surface area contributed by atoms with Crippen molar-refractivity contribution >= 4 is 31.9 Å².